The van der Waals surface area contributed by atoms with Crippen LogP contribution in [0, 0.1) is 6.92 Å². The molecule has 0 radical (unpaired) electrons. The number of rotatable bonds is 3. The summed E-state index contributed by atoms with van der Waals surface area (Å²) in [4.78, 5) is 11.2. The molecule has 1 rings (SSSR count). The molecule has 0 fully saturated rings. The van der Waals surface area contributed by atoms with E-state index in [1.807, 2.05) is 4.72 Å². The van der Waals surface area contributed by atoms with E-state index in [4.69, 9.17) is 4.42 Å². The molecule has 6 heteroatoms. The molecule has 0 saturated carbocycles. The normalized spacial score (nSPS) is 11.3. The van der Waals surface area contributed by atoms with Crippen LogP contribution in [0.5, 0.6) is 0 Å². The smallest absolute Gasteiger partial charge is 0.300 e. The largest absolute Gasteiger partial charge is 0.456 e. The van der Waals surface area contributed by atoms with Crippen LogP contribution in [0.3, 0.4) is 0 Å². The monoisotopic (exact) mass is 217 g/mol. The first-order valence-electron chi connectivity index (χ1n) is 4.06. The van der Waals surface area contributed by atoms with Crippen molar-refractivity contribution in [2.24, 2.45) is 0 Å². The minimum absolute atomic E-state index is 0.000440. The highest BCUT2D eigenvalue weighted by molar-refractivity contribution is 7.90. The fourth-order valence-corrected chi connectivity index (χ4v) is 1.35. The van der Waals surface area contributed by atoms with Gasteiger partial charge in [0.2, 0.25) is 10.0 Å². The first kappa shape index (κ1) is 10.8. The van der Waals surface area contributed by atoms with Crippen LogP contribution < -0.4 is 4.72 Å². The number of nitrogens with one attached hydrogen (secondary N) is 1. The fraction of sp³-hybridized carbons (Fsp3) is 0.375. The van der Waals surface area contributed by atoms with Crippen molar-refractivity contribution in [1.29, 1.82) is 0 Å². The Morgan fingerprint density at radius 3 is 2.57 bits per heavy atom. The molecule has 1 heterocycles. The maximum absolute atomic E-state index is 11.2. The molecule has 1 aromatic rings. The standard InChI is InChI=1S/C8H11NO4S/c1-3-14(11,12)9-8(10)7-5-4-6(2)13-7/h4-5H,3H2,1-2H3,(H,9,10). The molecular weight excluding hydrogens is 206 g/mol. The van der Waals surface area contributed by atoms with E-state index in [0.717, 1.165) is 0 Å². The number of sulfonamides is 1. The lowest BCUT2D eigenvalue weighted by Gasteiger charge is -2.01. The molecule has 78 valence electrons. The Balaban J connectivity index is 2.78. The Morgan fingerprint density at radius 1 is 1.50 bits per heavy atom. The van der Waals surface area contributed by atoms with Crippen LogP contribution >= 0.6 is 0 Å². The highest BCUT2D eigenvalue weighted by atomic mass is 32.2. The number of carbonyl (C=O) groups is 1. The number of hydrogen-bond donors (Lipinski definition) is 1. The molecule has 1 aromatic heterocycles. The van der Waals surface area contributed by atoms with Gasteiger partial charge in [-0.25, -0.2) is 13.1 Å². The number of furan rings is 1. The Kier molecular flexibility index (Phi) is 2.95. The molecule has 0 unspecified atom stereocenters. The third kappa shape index (κ3) is 2.59. The Morgan fingerprint density at radius 2 is 2.14 bits per heavy atom. The van der Waals surface area contributed by atoms with Gasteiger partial charge in [-0.3, -0.25) is 4.79 Å². The summed E-state index contributed by atoms with van der Waals surface area (Å²) in [5.41, 5.74) is 0. The quantitative estimate of drug-likeness (QED) is 0.807. The van der Waals surface area contributed by atoms with Crippen LogP contribution in [0.15, 0.2) is 16.5 Å². The van der Waals surface area contributed by atoms with Crippen LogP contribution in [0.25, 0.3) is 0 Å². The summed E-state index contributed by atoms with van der Waals surface area (Å²) < 4.78 is 28.9. The zero-order chi connectivity index (χ0) is 10.8. The van der Waals surface area contributed by atoms with Gasteiger partial charge in [-0.2, -0.15) is 0 Å². The summed E-state index contributed by atoms with van der Waals surface area (Å²) >= 11 is 0. The molecule has 5 nitrogen and oxygen atoms in total. The van der Waals surface area contributed by atoms with Gasteiger partial charge in [0.1, 0.15) is 5.76 Å². The van der Waals surface area contributed by atoms with Crippen molar-refractivity contribution in [3.63, 3.8) is 0 Å². The van der Waals surface area contributed by atoms with Crippen LogP contribution in [0.1, 0.15) is 23.2 Å². The van der Waals surface area contributed by atoms with Crippen molar-refractivity contribution in [1.82, 2.24) is 4.72 Å². The molecule has 1 N–H and O–H groups in total. The van der Waals surface area contributed by atoms with E-state index in [1.54, 1.807) is 13.0 Å². The molecule has 0 aromatic carbocycles. The molecule has 14 heavy (non-hydrogen) atoms. The van der Waals surface area contributed by atoms with Gasteiger partial charge in [0.15, 0.2) is 5.76 Å². The molecule has 0 bridgehead atoms. The SMILES string of the molecule is CCS(=O)(=O)NC(=O)c1ccc(C)o1. The van der Waals surface area contributed by atoms with Crippen molar-refractivity contribution in [3.8, 4) is 0 Å². The van der Waals surface area contributed by atoms with Gasteiger partial charge in [-0.05, 0) is 26.0 Å². The summed E-state index contributed by atoms with van der Waals surface area (Å²) in [6.45, 7) is 3.12. The predicted octanol–water partition coefficient (Wildman–Crippen LogP) is 0.668. The van der Waals surface area contributed by atoms with Gasteiger partial charge in [-0.15, -0.1) is 0 Å². The van der Waals surface area contributed by atoms with Gasteiger partial charge in [-0.1, -0.05) is 0 Å². The maximum atomic E-state index is 11.2. The average Bonchev–Trinajstić information content (AvgIpc) is 2.51. The van der Waals surface area contributed by atoms with Gasteiger partial charge in [0, 0.05) is 0 Å². The Bertz CT molecular complexity index is 432. The summed E-state index contributed by atoms with van der Waals surface area (Å²) in [7, 11) is -3.52. The van der Waals surface area contributed by atoms with E-state index in [0.29, 0.717) is 5.76 Å². The second kappa shape index (κ2) is 3.83. The predicted molar refractivity (Wildman–Crippen MR) is 50.4 cm³/mol. The summed E-state index contributed by atoms with van der Waals surface area (Å²) in [6, 6.07) is 3.02. The van der Waals surface area contributed by atoms with Gasteiger partial charge >= 0.3 is 0 Å². The van der Waals surface area contributed by atoms with Crippen molar-refractivity contribution < 1.29 is 17.6 Å². The summed E-state index contributed by atoms with van der Waals surface area (Å²) in [6.07, 6.45) is 0. The average molecular weight is 217 g/mol. The van der Waals surface area contributed by atoms with Crippen molar-refractivity contribution in [3.05, 3.63) is 23.7 Å². The molecule has 0 atom stereocenters. The zero-order valence-electron chi connectivity index (χ0n) is 7.90. The van der Waals surface area contributed by atoms with Crippen LogP contribution in [-0.4, -0.2) is 20.1 Å². The van der Waals surface area contributed by atoms with E-state index in [-0.39, 0.29) is 11.5 Å². The number of hydrogen-bond acceptors (Lipinski definition) is 4. The van der Waals surface area contributed by atoms with E-state index >= 15 is 0 Å². The number of aryl methyl sites for hydroxylation is 1. The molecule has 1 amide bonds. The van der Waals surface area contributed by atoms with Crippen LogP contribution in [0.4, 0.5) is 0 Å². The summed E-state index contributed by atoms with van der Waals surface area (Å²) in [5, 5.41) is 0. The first-order valence-corrected chi connectivity index (χ1v) is 5.71. The molecule has 0 aliphatic carbocycles. The van der Waals surface area contributed by atoms with E-state index in [1.165, 1.54) is 13.0 Å². The van der Waals surface area contributed by atoms with Crippen LogP contribution in [-0.2, 0) is 10.0 Å². The van der Waals surface area contributed by atoms with Gasteiger partial charge in [0.25, 0.3) is 5.91 Å². The molecule has 0 saturated heterocycles. The topological polar surface area (TPSA) is 76.4 Å². The fourth-order valence-electron chi connectivity index (χ4n) is 0.820. The Hall–Kier alpha value is -1.30. The van der Waals surface area contributed by atoms with Gasteiger partial charge < -0.3 is 4.42 Å². The highest BCUT2D eigenvalue weighted by Crippen LogP contribution is 2.06. The van der Waals surface area contributed by atoms with Crippen molar-refractivity contribution in [2.45, 2.75) is 13.8 Å². The lowest BCUT2D eigenvalue weighted by Crippen LogP contribution is -2.31. The second-order valence-corrected chi connectivity index (χ2v) is 4.76. The summed E-state index contributed by atoms with van der Waals surface area (Å²) in [5.74, 6) is -0.318. The van der Waals surface area contributed by atoms with E-state index in [9.17, 15) is 13.2 Å². The second-order valence-electron chi connectivity index (χ2n) is 2.74. The Labute approximate surface area is 82.2 Å². The first-order chi connectivity index (χ1) is 6.44. The van der Waals surface area contributed by atoms with Crippen molar-refractivity contribution in [2.75, 3.05) is 5.75 Å². The van der Waals surface area contributed by atoms with E-state index in [2.05, 4.69) is 0 Å². The van der Waals surface area contributed by atoms with Gasteiger partial charge in [0.05, 0.1) is 5.75 Å². The molecule has 0 aliphatic rings. The van der Waals surface area contributed by atoms with Crippen LogP contribution in [0.2, 0.25) is 0 Å². The molecular formula is C8H11NO4S. The van der Waals surface area contributed by atoms with Crippen molar-refractivity contribution >= 4 is 15.9 Å². The third-order valence-corrected chi connectivity index (χ3v) is 2.85. The van der Waals surface area contributed by atoms with E-state index < -0.39 is 15.9 Å². The molecule has 0 spiro atoms. The molecule has 0 aliphatic heterocycles. The minimum atomic E-state index is -3.52. The lowest BCUT2D eigenvalue weighted by atomic mass is 10.4. The third-order valence-electron chi connectivity index (χ3n) is 1.59. The zero-order valence-corrected chi connectivity index (χ0v) is 8.72. The number of amides is 1. The lowest BCUT2D eigenvalue weighted by molar-refractivity contribution is 0.0953. The minimum Gasteiger partial charge on any atom is -0.456 e. The maximum Gasteiger partial charge on any atom is 0.300 e. The number of carbonyl (C=O) groups excluding carboxylic acids is 1. The highest BCUT2D eigenvalue weighted by Gasteiger charge is 2.16.